The zero-order valence-electron chi connectivity index (χ0n) is 11.5. The van der Waals surface area contributed by atoms with E-state index in [4.69, 9.17) is 0 Å². The van der Waals surface area contributed by atoms with E-state index in [2.05, 4.69) is 55.8 Å². The third-order valence-electron chi connectivity index (χ3n) is 3.24. The van der Waals surface area contributed by atoms with Crippen molar-refractivity contribution in [3.05, 3.63) is 64.0 Å². The van der Waals surface area contributed by atoms with Crippen molar-refractivity contribution in [2.24, 2.45) is 0 Å². The summed E-state index contributed by atoms with van der Waals surface area (Å²) >= 11 is 0. The Morgan fingerprint density at radius 3 is 2.48 bits per heavy atom. The van der Waals surface area contributed by atoms with Gasteiger partial charge in [0.15, 0.2) is 0 Å². The zero-order valence-corrected chi connectivity index (χ0v) is 11.5. The highest BCUT2D eigenvalue weighted by Crippen LogP contribution is 2.18. The Balaban J connectivity index is 1.93. The number of nitrogens with zero attached hydrogens (tertiary/aromatic N) is 3. The van der Waals surface area contributed by atoms with E-state index in [-0.39, 0.29) is 0 Å². The second kappa shape index (κ2) is 5.70. The van der Waals surface area contributed by atoms with Crippen molar-refractivity contribution in [1.29, 1.82) is 0 Å². The molecular weight excluding hydrogens is 268 g/mol. The average Bonchev–Trinajstić information content (AvgIpc) is 2.95. The summed E-state index contributed by atoms with van der Waals surface area (Å²) in [6, 6.07) is 8.35. The highest BCUT2D eigenvalue weighted by Gasteiger charge is 2.13. The molecule has 0 spiro atoms. The zero-order chi connectivity index (χ0) is 14.7. The molecule has 0 unspecified atom stereocenters. The van der Waals surface area contributed by atoms with Gasteiger partial charge in [-0.15, -0.1) is 0 Å². The van der Waals surface area contributed by atoms with Crippen LogP contribution in [0, 0.1) is 0 Å². The minimum Gasteiger partial charge on any atom is -0.296 e. The molecule has 0 radical (unpaired) electrons. The van der Waals surface area contributed by atoms with Crippen molar-refractivity contribution in [3.8, 4) is 11.5 Å². The maximum Gasteiger partial charge on any atom is 0.439 e. The van der Waals surface area contributed by atoms with E-state index in [9.17, 15) is 4.79 Å². The lowest BCUT2D eigenvalue weighted by Crippen LogP contribution is -2.01. The van der Waals surface area contributed by atoms with Gasteiger partial charge in [-0.3, -0.25) is 14.5 Å². The number of aromatic amines is 1. The van der Waals surface area contributed by atoms with Crippen molar-refractivity contribution in [1.82, 2.24) is 20.1 Å². The lowest BCUT2D eigenvalue weighted by Gasteiger charge is -2.05. The van der Waals surface area contributed by atoms with Gasteiger partial charge in [0.2, 0.25) is 5.82 Å². The van der Waals surface area contributed by atoms with Gasteiger partial charge in [-0.2, -0.15) is 0 Å². The first-order valence-electron chi connectivity index (χ1n) is 6.70. The topological polar surface area (TPSA) is 84.7 Å². The molecule has 6 heteroatoms. The summed E-state index contributed by atoms with van der Waals surface area (Å²) in [5.74, 6) is -0.304. The molecular formula is C15H14N4O2. The van der Waals surface area contributed by atoms with E-state index < -0.39 is 5.76 Å². The third-order valence-corrected chi connectivity index (χ3v) is 3.24. The van der Waals surface area contributed by atoms with E-state index in [1.54, 1.807) is 12.4 Å². The first kappa shape index (κ1) is 13.2. The van der Waals surface area contributed by atoms with Gasteiger partial charge in [0, 0.05) is 18.8 Å². The smallest absolute Gasteiger partial charge is 0.296 e. The molecule has 21 heavy (non-hydrogen) atoms. The van der Waals surface area contributed by atoms with Crippen LogP contribution in [0.1, 0.15) is 23.7 Å². The number of nitrogens with one attached hydrogen (secondary N) is 1. The van der Waals surface area contributed by atoms with Gasteiger partial charge in [0.25, 0.3) is 0 Å². The Bertz CT molecular complexity index is 790. The molecule has 3 rings (SSSR count). The molecule has 0 atom stereocenters. The molecule has 0 amide bonds. The Morgan fingerprint density at radius 2 is 1.81 bits per heavy atom. The largest absolute Gasteiger partial charge is 0.439 e. The first-order valence-corrected chi connectivity index (χ1v) is 6.70. The second-order valence-electron chi connectivity index (χ2n) is 4.64. The molecule has 0 saturated heterocycles. The molecule has 0 bridgehead atoms. The predicted molar refractivity (Wildman–Crippen MR) is 76.8 cm³/mol. The molecule has 0 fully saturated rings. The second-order valence-corrected chi connectivity index (χ2v) is 4.64. The van der Waals surface area contributed by atoms with Crippen LogP contribution in [0.3, 0.4) is 0 Å². The molecule has 2 aromatic heterocycles. The lowest BCUT2D eigenvalue weighted by atomic mass is 10.0. The summed E-state index contributed by atoms with van der Waals surface area (Å²) in [5, 5.41) is 3.67. The standard InChI is InChI=1S/C15H14N4O2/c1-2-10-3-5-11(6-4-10)9-12-13(17-8-7-16-12)14-18-15(20)21-19-14/h3-8H,2,9H2,1H3,(H,18,19,20). The fraction of sp³-hybridized carbons (Fsp3) is 0.200. The number of aromatic nitrogens is 4. The SMILES string of the molecule is CCc1ccc(Cc2nccnc2-c2noc(=O)[nH]2)cc1. The summed E-state index contributed by atoms with van der Waals surface area (Å²) < 4.78 is 4.53. The minimum atomic E-state index is -0.603. The Hall–Kier alpha value is -2.76. The molecule has 3 aromatic rings. The summed E-state index contributed by atoms with van der Waals surface area (Å²) in [7, 11) is 0. The summed E-state index contributed by atoms with van der Waals surface area (Å²) in [6.07, 6.45) is 4.81. The van der Waals surface area contributed by atoms with Crippen LogP contribution in [0.25, 0.3) is 11.5 Å². The number of benzene rings is 1. The molecule has 1 aromatic carbocycles. The fourth-order valence-electron chi connectivity index (χ4n) is 2.11. The maximum absolute atomic E-state index is 11.1. The highest BCUT2D eigenvalue weighted by atomic mass is 16.5. The van der Waals surface area contributed by atoms with Crippen molar-refractivity contribution in [3.63, 3.8) is 0 Å². The van der Waals surface area contributed by atoms with E-state index in [1.165, 1.54) is 5.56 Å². The molecule has 1 N–H and O–H groups in total. The molecule has 0 aliphatic carbocycles. The van der Waals surface area contributed by atoms with Crippen molar-refractivity contribution < 1.29 is 4.52 Å². The number of hydrogen-bond donors (Lipinski definition) is 1. The number of hydrogen-bond acceptors (Lipinski definition) is 5. The van der Waals surface area contributed by atoms with Gasteiger partial charge in [-0.1, -0.05) is 36.3 Å². The quantitative estimate of drug-likeness (QED) is 0.790. The molecule has 2 heterocycles. The summed E-state index contributed by atoms with van der Waals surface area (Å²) in [5.41, 5.74) is 3.69. The van der Waals surface area contributed by atoms with Crippen molar-refractivity contribution in [2.45, 2.75) is 19.8 Å². The minimum absolute atomic E-state index is 0.299. The number of rotatable bonds is 4. The average molecular weight is 282 g/mol. The lowest BCUT2D eigenvalue weighted by molar-refractivity contribution is 0.387. The Kier molecular flexibility index (Phi) is 3.59. The number of H-pyrrole nitrogens is 1. The highest BCUT2D eigenvalue weighted by molar-refractivity contribution is 5.52. The number of aryl methyl sites for hydroxylation is 1. The van der Waals surface area contributed by atoms with Crippen molar-refractivity contribution >= 4 is 0 Å². The molecule has 106 valence electrons. The van der Waals surface area contributed by atoms with Gasteiger partial charge in [0.05, 0.1) is 5.69 Å². The van der Waals surface area contributed by atoms with E-state index in [0.29, 0.717) is 17.9 Å². The Labute approximate surface area is 120 Å². The molecule has 0 aliphatic rings. The summed E-state index contributed by atoms with van der Waals surface area (Å²) in [4.78, 5) is 22.1. The van der Waals surface area contributed by atoms with Gasteiger partial charge in [-0.25, -0.2) is 9.78 Å². The van der Waals surface area contributed by atoms with Gasteiger partial charge >= 0.3 is 5.76 Å². The normalized spacial score (nSPS) is 10.7. The summed E-state index contributed by atoms with van der Waals surface area (Å²) in [6.45, 7) is 2.12. The maximum atomic E-state index is 11.1. The molecule has 6 nitrogen and oxygen atoms in total. The van der Waals surface area contributed by atoms with Crippen molar-refractivity contribution in [2.75, 3.05) is 0 Å². The van der Waals surface area contributed by atoms with Crippen LogP contribution in [0.2, 0.25) is 0 Å². The predicted octanol–water partition coefficient (Wildman–Crippen LogP) is 1.97. The van der Waals surface area contributed by atoms with E-state index in [1.807, 2.05) is 0 Å². The van der Waals surface area contributed by atoms with Crippen LogP contribution in [0.5, 0.6) is 0 Å². The van der Waals surface area contributed by atoms with Crippen LogP contribution < -0.4 is 5.76 Å². The molecule has 0 saturated carbocycles. The van der Waals surface area contributed by atoms with Crippen LogP contribution in [0.15, 0.2) is 46.0 Å². The molecule has 0 aliphatic heterocycles. The van der Waals surface area contributed by atoms with Gasteiger partial charge in [0.1, 0.15) is 5.69 Å². The Morgan fingerprint density at radius 1 is 1.10 bits per heavy atom. The van der Waals surface area contributed by atoms with Crippen LogP contribution in [-0.4, -0.2) is 20.1 Å². The third kappa shape index (κ3) is 2.89. The van der Waals surface area contributed by atoms with E-state index >= 15 is 0 Å². The first-order chi connectivity index (χ1) is 10.3. The monoisotopic (exact) mass is 282 g/mol. The van der Waals surface area contributed by atoms with Crippen LogP contribution >= 0.6 is 0 Å². The van der Waals surface area contributed by atoms with Gasteiger partial charge in [-0.05, 0) is 17.5 Å². The fourth-order valence-corrected chi connectivity index (χ4v) is 2.11. The van der Waals surface area contributed by atoms with Crippen LogP contribution in [0.4, 0.5) is 0 Å². The van der Waals surface area contributed by atoms with Crippen LogP contribution in [-0.2, 0) is 12.8 Å². The van der Waals surface area contributed by atoms with Gasteiger partial charge < -0.3 is 0 Å². The van der Waals surface area contributed by atoms with E-state index in [0.717, 1.165) is 17.7 Å².